The van der Waals surface area contributed by atoms with E-state index in [2.05, 4.69) is 5.32 Å². The number of aliphatic carboxylic acids is 1. The molecule has 19 heavy (non-hydrogen) atoms. The van der Waals surface area contributed by atoms with E-state index in [1.165, 1.54) is 25.1 Å². The molecule has 0 aliphatic rings. The third-order valence-corrected chi connectivity index (χ3v) is 3.71. The summed E-state index contributed by atoms with van der Waals surface area (Å²) in [6.07, 6.45) is 1.04. The second-order valence-electron chi connectivity index (χ2n) is 4.28. The number of carboxylic acid groups (broad SMARTS) is 1. The van der Waals surface area contributed by atoms with Gasteiger partial charge in [-0.3, -0.25) is 9.59 Å². The van der Waals surface area contributed by atoms with Crippen molar-refractivity contribution in [3.8, 4) is 0 Å². The minimum absolute atomic E-state index is 0.0197. The fraction of sp³-hybridized carbons (Fsp3) is 0.333. The van der Waals surface area contributed by atoms with Crippen LogP contribution in [0.4, 0.5) is 0 Å². The maximum atomic E-state index is 11.9. The van der Waals surface area contributed by atoms with Gasteiger partial charge in [-0.2, -0.15) is 0 Å². The first-order chi connectivity index (χ1) is 8.62. The minimum atomic E-state index is -3.42. The Bertz CT molecular complexity index is 621. The summed E-state index contributed by atoms with van der Waals surface area (Å²) in [4.78, 5) is 22.6. The summed E-state index contributed by atoms with van der Waals surface area (Å²) < 4.78 is 22.8. The zero-order chi connectivity index (χ0) is 14.8. The maximum Gasteiger partial charge on any atom is 0.325 e. The van der Waals surface area contributed by atoms with Crippen LogP contribution in [0.2, 0.25) is 0 Å². The topological polar surface area (TPSA) is 101 Å². The molecule has 0 saturated carbocycles. The van der Waals surface area contributed by atoms with Gasteiger partial charge in [0.15, 0.2) is 9.84 Å². The Morgan fingerprint density at radius 3 is 2.37 bits per heavy atom. The van der Waals surface area contributed by atoms with Crippen molar-refractivity contribution in [2.45, 2.75) is 24.8 Å². The fourth-order valence-corrected chi connectivity index (χ4v) is 2.06. The van der Waals surface area contributed by atoms with Gasteiger partial charge in [0.25, 0.3) is 5.91 Å². The molecule has 0 fully saturated rings. The summed E-state index contributed by atoms with van der Waals surface area (Å²) in [6.45, 7) is 2.97. The number of rotatable bonds is 4. The quantitative estimate of drug-likeness (QED) is 0.843. The van der Waals surface area contributed by atoms with E-state index in [4.69, 9.17) is 5.11 Å². The summed E-state index contributed by atoms with van der Waals surface area (Å²) in [7, 11) is -3.42. The van der Waals surface area contributed by atoms with E-state index in [1.807, 2.05) is 0 Å². The molecular formula is C12H15NO5S. The van der Waals surface area contributed by atoms with Crippen molar-refractivity contribution in [2.24, 2.45) is 0 Å². The molecule has 0 unspecified atom stereocenters. The monoisotopic (exact) mass is 285 g/mol. The van der Waals surface area contributed by atoms with Gasteiger partial charge in [-0.1, -0.05) is 6.07 Å². The van der Waals surface area contributed by atoms with Crippen molar-refractivity contribution in [2.75, 3.05) is 6.26 Å². The molecule has 1 aromatic rings. The third kappa shape index (κ3) is 3.78. The zero-order valence-electron chi connectivity index (χ0n) is 10.8. The van der Waals surface area contributed by atoms with Crippen LogP contribution in [0.15, 0.2) is 23.1 Å². The lowest BCUT2D eigenvalue weighted by atomic mass is 10.1. The maximum absolute atomic E-state index is 11.9. The SMILES string of the molecule is Cc1ccc(S(C)(=O)=O)cc1C(=O)N[C@@H](C)C(=O)O. The van der Waals surface area contributed by atoms with Gasteiger partial charge >= 0.3 is 5.97 Å². The molecule has 0 heterocycles. The smallest absolute Gasteiger partial charge is 0.325 e. The Kier molecular flexibility index (Phi) is 4.31. The van der Waals surface area contributed by atoms with Crippen LogP contribution in [0.25, 0.3) is 0 Å². The van der Waals surface area contributed by atoms with E-state index in [-0.39, 0.29) is 10.5 Å². The number of sulfone groups is 1. The van der Waals surface area contributed by atoms with Crippen molar-refractivity contribution >= 4 is 21.7 Å². The van der Waals surface area contributed by atoms with Crippen LogP contribution < -0.4 is 5.32 Å². The predicted molar refractivity (Wildman–Crippen MR) is 68.9 cm³/mol. The van der Waals surface area contributed by atoms with Gasteiger partial charge in [-0.25, -0.2) is 8.42 Å². The van der Waals surface area contributed by atoms with E-state index < -0.39 is 27.8 Å². The molecule has 2 N–H and O–H groups in total. The van der Waals surface area contributed by atoms with E-state index in [9.17, 15) is 18.0 Å². The Hall–Kier alpha value is -1.89. The molecule has 104 valence electrons. The van der Waals surface area contributed by atoms with Gasteiger partial charge in [0.2, 0.25) is 0 Å². The van der Waals surface area contributed by atoms with Crippen molar-refractivity contribution < 1.29 is 23.1 Å². The highest BCUT2D eigenvalue weighted by Crippen LogP contribution is 2.15. The van der Waals surface area contributed by atoms with Crippen molar-refractivity contribution in [1.82, 2.24) is 5.32 Å². The van der Waals surface area contributed by atoms with Crippen LogP contribution in [-0.2, 0) is 14.6 Å². The number of carbonyl (C=O) groups excluding carboxylic acids is 1. The number of hydrogen-bond donors (Lipinski definition) is 2. The molecular weight excluding hydrogens is 270 g/mol. The Labute approximate surface area is 111 Å². The molecule has 1 rings (SSSR count). The molecule has 0 aliphatic carbocycles. The number of carbonyl (C=O) groups is 2. The molecule has 1 atom stereocenters. The second kappa shape index (κ2) is 5.40. The average Bonchev–Trinajstić information content (AvgIpc) is 2.27. The lowest BCUT2D eigenvalue weighted by Gasteiger charge is -2.11. The van der Waals surface area contributed by atoms with Crippen LogP contribution >= 0.6 is 0 Å². The molecule has 1 amide bonds. The van der Waals surface area contributed by atoms with E-state index in [1.54, 1.807) is 6.92 Å². The van der Waals surface area contributed by atoms with Crippen LogP contribution in [0.3, 0.4) is 0 Å². The molecule has 0 aromatic heterocycles. The minimum Gasteiger partial charge on any atom is -0.480 e. The van der Waals surface area contributed by atoms with E-state index in [0.29, 0.717) is 5.56 Å². The predicted octanol–water partition coefficient (Wildman–Crippen LogP) is 0.601. The lowest BCUT2D eigenvalue weighted by molar-refractivity contribution is -0.138. The van der Waals surface area contributed by atoms with Gasteiger partial charge in [0.1, 0.15) is 6.04 Å². The molecule has 6 nitrogen and oxygen atoms in total. The summed E-state index contributed by atoms with van der Waals surface area (Å²) >= 11 is 0. The van der Waals surface area contributed by atoms with Crippen molar-refractivity contribution in [1.29, 1.82) is 0 Å². The number of benzene rings is 1. The standard InChI is InChI=1S/C12H15NO5S/c1-7-4-5-9(19(3,17)18)6-10(7)11(14)13-8(2)12(15)16/h4-6,8H,1-3H3,(H,13,14)(H,15,16)/t8-/m0/s1. The second-order valence-corrected chi connectivity index (χ2v) is 6.30. The third-order valence-electron chi connectivity index (χ3n) is 2.60. The summed E-state index contributed by atoms with van der Waals surface area (Å²) in [5.41, 5.74) is 0.721. The first-order valence-electron chi connectivity index (χ1n) is 5.47. The molecule has 0 aliphatic heterocycles. The molecule has 0 radical (unpaired) electrons. The average molecular weight is 285 g/mol. The van der Waals surface area contributed by atoms with Crippen LogP contribution in [0, 0.1) is 6.92 Å². The van der Waals surface area contributed by atoms with Gasteiger partial charge in [0.05, 0.1) is 4.90 Å². The van der Waals surface area contributed by atoms with E-state index >= 15 is 0 Å². The molecule has 0 bridgehead atoms. The summed E-state index contributed by atoms with van der Waals surface area (Å²) in [5.74, 6) is -1.77. The first kappa shape index (κ1) is 15.2. The highest BCUT2D eigenvalue weighted by atomic mass is 32.2. The van der Waals surface area contributed by atoms with E-state index in [0.717, 1.165) is 6.26 Å². The lowest BCUT2D eigenvalue weighted by Crippen LogP contribution is -2.38. The van der Waals surface area contributed by atoms with Crippen LogP contribution in [0.5, 0.6) is 0 Å². The number of aryl methyl sites for hydroxylation is 1. The zero-order valence-corrected chi connectivity index (χ0v) is 11.6. The summed E-state index contributed by atoms with van der Waals surface area (Å²) in [6, 6.07) is 3.11. The largest absolute Gasteiger partial charge is 0.480 e. The number of amides is 1. The highest BCUT2D eigenvalue weighted by molar-refractivity contribution is 7.90. The number of carboxylic acids is 1. The fourth-order valence-electron chi connectivity index (χ4n) is 1.41. The van der Waals surface area contributed by atoms with Crippen molar-refractivity contribution in [3.05, 3.63) is 29.3 Å². The normalized spacial score (nSPS) is 12.8. The Morgan fingerprint density at radius 2 is 1.89 bits per heavy atom. The van der Waals surface area contributed by atoms with Gasteiger partial charge in [-0.15, -0.1) is 0 Å². The summed E-state index contributed by atoms with van der Waals surface area (Å²) in [5, 5.41) is 11.0. The van der Waals surface area contributed by atoms with Gasteiger partial charge in [-0.05, 0) is 31.5 Å². The van der Waals surface area contributed by atoms with Crippen LogP contribution in [0.1, 0.15) is 22.8 Å². The molecule has 1 aromatic carbocycles. The molecule has 7 heteroatoms. The van der Waals surface area contributed by atoms with Crippen molar-refractivity contribution in [3.63, 3.8) is 0 Å². The van der Waals surface area contributed by atoms with Gasteiger partial charge in [0, 0.05) is 11.8 Å². The molecule has 0 saturated heterocycles. The Morgan fingerprint density at radius 1 is 1.32 bits per heavy atom. The number of nitrogens with one attached hydrogen (secondary N) is 1. The highest BCUT2D eigenvalue weighted by Gasteiger charge is 2.18. The first-order valence-corrected chi connectivity index (χ1v) is 7.36. The van der Waals surface area contributed by atoms with Gasteiger partial charge < -0.3 is 10.4 Å². The Balaban J connectivity index is 3.13. The number of hydrogen-bond acceptors (Lipinski definition) is 4. The van der Waals surface area contributed by atoms with Crippen LogP contribution in [-0.4, -0.2) is 37.7 Å². The molecule has 0 spiro atoms.